The summed E-state index contributed by atoms with van der Waals surface area (Å²) in [6.07, 6.45) is 0.0616. The average Bonchev–Trinajstić information content (AvgIpc) is 3.09. The standard InChI is InChI=1S/C21H32N6O2.H2/c1-15(2)29-16-5-6-18(22)17(13-16)21(23)19-14-20(24-25(19)3)27-9-7-26(8-10-27)11-12-28-4;/h5-6,13-15,23H,7-12,22H2,1-4H3;1H. The third kappa shape index (κ3) is 5.07. The third-order valence-corrected chi connectivity index (χ3v) is 5.10. The molecule has 2 heterocycles. The number of nitrogens with one attached hydrogen (secondary N) is 1. The molecule has 1 aromatic carbocycles. The number of hydrogen-bond acceptors (Lipinski definition) is 7. The fourth-order valence-corrected chi connectivity index (χ4v) is 3.50. The zero-order valence-corrected chi connectivity index (χ0v) is 17.8. The molecule has 3 rings (SSSR count). The lowest BCUT2D eigenvalue weighted by atomic mass is 10.0. The van der Waals surface area contributed by atoms with Crippen LogP contribution in [0.25, 0.3) is 0 Å². The molecule has 0 saturated carbocycles. The molecule has 1 saturated heterocycles. The topological polar surface area (TPSA) is 92.6 Å². The van der Waals surface area contributed by atoms with E-state index in [0.717, 1.165) is 50.8 Å². The van der Waals surface area contributed by atoms with E-state index in [1.807, 2.05) is 39.1 Å². The molecule has 1 aliphatic rings. The van der Waals surface area contributed by atoms with Crippen molar-refractivity contribution >= 4 is 17.2 Å². The third-order valence-electron chi connectivity index (χ3n) is 5.10. The maximum absolute atomic E-state index is 8.73. The van der Waals surface area contributed by atoms with Crippen LogP contribution in [0.15, 0.2) is 24.3 Å². The van der Waals surface area contributed by atoms with Crippen LogP contribution in [0.1, 0.15) is 26.5 Å². The lowest BCUT2D eigenvalue weighted by Gasteiger charge is -2.34. The van der Waals surface area contributed by atoms with Gasteiger partial charge in [0.1, 0.15) is 5.75 Å². The van der Waals surface area contributed by atoms with Gasteiger partial charge < -0.3 is 20.1 Å². The van der Waals surface area contributed by atoms with E-state index < -0.39 is 0 Å². The van der Waals surface area contributed by atoms with E-state index in [9.17, 15) is 0 Å². The molecule has 2 aromatic rings. The fraction of sp³-hybridized carbons (Fsp3) is 0.524. The Bertz CT molecular complexity index is 846. The Morgan fingerprint density at radius 2 is 1.97 bits per heavy atom. The summed E-state index contributed by atoms with van der Waals surface area (Å²) in [7, 11) is 3.60. The van der Waals surface area contributed by atoms with Gasteiger partial charge in [0.05, 0.1) is 24.1 Å². The maximum atomic E-state index is 8.73. The van der Waals surface area contributed by atoms with Gasteiger partial charge in [-0.05, 0) is 32.0 Å². The van der Waals surface area contributed by atoms with Gasteiger partial charge in [0, 0.05) is 65.6 Å². The maximum Gasteiger partial charge on any atom is 0.151 e. The number of nitrogens with two attached hydrogens (primary N) is 1. The first-order chi connectivity index (χ1) is 13.9. The molecular weight excluding hydrogens is 368 g/mol. The molecule has 0 bridgehead atoms. The first kappa shape index (κ1) is 21.1. The number of anilines is 2. The molecule has 3 N–H and O–H groups in total. The molecule has 1 aliphatic heterocycles. The number of hydrogen-bond donors (Lipinski definition) is 2. The molecule has 8 nitrogen and oxygen atoms in total. The van der Waals surface area contributed by atoms with Crippen LogP contribution in [0, 0.1) is 5.41 Å². The van der Waals surface area contributed by atoms with Gasteiger partial charge in [-0.1, -0.05) is 0 Å². The van der Waals surface area contributed by atoms with Crippen LogP contribution < -0.4 is 15.4 Å². The second-order valence-electron chi connectivity index (χ2n) is 7.62. The number of nitrogen functional groups attached to an aromatic ring is 1. The van der Waals surface area contributed by atoms with Crippen molar-refractivity contribution in [2.24, 2.45) is 7.05 Å². The Balaban J connectivity index is 0.00000320. The van der Waals surface area contributed by atoms with Gasteiger partial charge in [-0.15, -0.1) is 0 Å². The van der Waals surface area contributed by atoms with Crippen molar-refractivity contribution in [1.29, 1.82) is 5.41 Å². The summed E-state index contributed by atoms with van der Waals surface area (Å²) >= 11 is 0. The van der Waals surface area contributed by atoms with Crippen LogP contribution in [0.3, 0.4) is 0 Å². The van der Waals surface area contributed by atoms with Crippen LogP contribution in [0.4, 0.5) is 11.5 Å². The summed E-state index contributed by atoms with van der Waals surface area (Å²) in [6.45, 7) is 9.44. The van der Waals surface area contributed by atoms with E-state index in [2.05, 4.69) is 14.9 Å². The average molecular weight is 403 g/mol. The number of rotatable bonds is 8. The van der Waals surface area contributed by atoms with E-state index in [0.29, 0.717) is 22.7 Å². The number of aryl methyl sites for hydroxylation is 1. The molecule has 0 amide bonds. The smallest absolute Gasteiger partial charge is 0.151 e. The first-order valence-corrected chi connectivity index (χ1v) is 10.0. The first-order valence-electron chi connectivity index (χ1n) is 10.0. The van der Waals surface area contributed by atoms with Crippen molar-refractivity contribution in [3.05, 3.63) is 35.5 Å². The molecule has 0 aliphatic carbocycles. The van der Waals surface area contributed by atoms with Crippen LogP contribution in [0.5, 0.6) is 5.75 Å². The Kier molecular flexibility index (Phi) is 6.76. The predicted octanol–water partition coefficient (Wildman–Crippen LogP) is 2.22. The van der Waals surface area contributed by atoms with Gasteiger partial charge in [-0.25, -0.2) is 0 Å². The van der Waals surface area contributed by atoms with Crippen molar-refractivity contribution in [1.82, 2.24) is 14.7 Å². The minimum atomic E-state index is 0. The van der Waals surface area contributed by atoms with Gasteiger partial charge >= 0.3 is 0 Å². The minimum Gasteiger partial charge on any atom is -0.491 e. The SMILES string of the molecule is COCCN1CCN(c2cc(C(=N)c3cc(OC(C)C)ccc3N)n(C)n2)CC1.[HH]. The highest BCUT2D eigenvalue weighted by atomic mass is 16.5. The summed E-state index contributed by atoms with van der Waals surface area (Å²) in [5.74, 6) is 1.61. The summed E-state index contributed by atoms with van der Waals surface area (Å²) in [6, 6.07) is 7.43. The van der Waals surface area contributed by atoms with Crippen LogP contribution in [0.2, 0.25) is 0 Å². The monoisotopic (exact) mass is 402 g/mol. The van der Waals surface area contributed by atoms with Gasteiger partial charge in [-0.2, -0.15) is 5.10 Å². The highest BCUT2D eigenvalue weighted by molar-refractivity contribution is 6.13. The van der Waals surface area contributed by atoms with Crippen LogP contribution in [-0.4, -0.2) is 72.9 Å². The molecular formula is C21H34N6O2. The van der Waals surface area contributed by atoms with E-state index in [1.165, 1.54) is 0 Å². The Hall–Kier alpha value is -2.58. The molecule has 29 heavy (non-hydrogen) atoms. The van der Waals surface area contributed by atoms with Gasteiger partial charge in [0.2, 0.25) is 0 Å². The molecule has 0 radical (unpaired) electrons. The van der Waals surface area contributed by atoms with Gasteiger partial charge in [0.15, 0.2) is 5.82 Å². The summed E-state index contributed by atoms with van der Waals surface area (Å²) in [5, 5.41) is 13.4. The second-order valence-corrected chi connectivity index (χ2v) is 7.62. The number of piperazine rings is 1. The van der Waals surface area contributed by atoms with Crippen LogP contribution >= 0.6 is 0 Å². The zero-order chi connectivity index (χ0) is 21.0. The summed E-state index contributed by atoms with van der Waals surface area (Å²) < 4.78 is 12.7. The van der Waals surface area contributed by atoms with Crippen molar-refractivity contribution in [3.63, 3.8) is 0 Å². The number of ether oxygens (including phenoxy) is 2. The quantitative estimate of drug-likeness (QED) is 0.520. The Morgan fingerprint density at radius 3 is 2.62 bits per heavy atom. The largest absolute Gasteiger partial charge is 0.491 e. The van der Waals surface area contributed by atoms with Crippen molar-refractivity contribution in [2.75, 3.05) is 57.1 Å². The van der Waals surface area contributed by atoms with E-state index in [1.54, 1.807) is 17.9 Å². The number of benzene rings is 1. The highest BCUT2D eigenvalue weighted by Crippen LogP contribution is 2.25. The molecule has 1 fully saturated rings. The van der Waals surface area contributed by atoms with Gasteiger partial charge in [0.25, 0.3) is 0 Å². The molecule has 0 spiro atoms. The van der Waals surface area contributed by atoms with E-state index in [-0.39, 0.29) is 7.53 Å². The molecule has 0 atom stereocenters. The van der Waals surface area contributed by atoms with Gasteiger partial charge in [-0.3, -0.25) is 15.0 Å². The molecule has 1 aromatic heterocycles. The molecule has 160 valence electrons. The second kappa shape index (κ2) is 9.28. The van der Waals surface area contributed by atoms with E-state index in [4.69, 9.17) is 20.6 Å². The number of aromatic nitrogens is 2. The zero-order valence-electron chi connectivity index (χ0n) is 17.8. The normalized spacial score (nSPS) is 15.1. The summed E-state index contributed by atoms with van der Waals surface area (Å²) in [4.78, 5) is 4.66. The Morgan fingerprint density at radius 1 is 1.24 bits per heavy atom. The van der Waals surface area contributed by atoms with Crippen molar-refractivity contribution in [3.8, 4) is 5.75 Å². The Labute approximate surface area is 174 Å². The van der Waals surface area contributed by atoms with Crippen molar-refractivity contribution in [2.45, 2.75) is 20.0 Å². The fourth-order valence-electron chi connectivity index (χ4n) is 3.50. The highest BCUT2D eigenvalue weighted by Gasteiger charge is 2.22. The van der Waals surface area contributed by atoms with Crippen LogP contribution in [-0.2, 0) is 11.8 Å². The minimum absolute atomic E-state index is 0. The van der Waals surface area contributed by atoms with Crippen molar-refractivity contribution < 1.29 is 10.9 Å². The lowest BCUT2D eigenvalue weighted by molar-refractivity contribution is 0.144. The molecule has 0 unspecified atom stereocenters. The number of nitrogens with zero attached hydrogens (tertiary/aromatic N) is 4. The molecule has 8 heteroatoms. The lowest BCUT2D eigenvalue weighted by Crippen LogP contribution is -2.47. The van der Waals surface area contributed by atoms with E-state index >= 15 is 0 Å². The summed E-state index contributed by atoms with van der Waals surface area (Å²) in [5.41, 5.74) is 8.45. The number of methoxy groups -OCH3 is 1. The predicted molar refractivity (Wildman–Crippen MR) is 118 cm³/mol.